The third kappa shape index (κ3) is 7.53. The summed E-state index contributed by atoms with van der Waals surface area (Å²) < 4.78 is 0. The quantitative estimate of drug-likeness (QED) is 0.274. The molecular weight excluding hydrogens is 472 g/mol. The Kier molecular flexibility index (Phi) is 9.14. The third-order valence-electron chi connectivity index (χ3n) is 7.51. The second kappa shape index (κ2) is 12.7. The lowest BCUT2D eigenvalue weighted by Crippen LogP contribution is -2.29. The standard InChI is InChI=1S/C28H36N4O5/c33-26(34)24(21-7-9-29-16-21)13-18-3-1-5-20(11-18)15-31-28(37)32-23-6-2-4-19(12-23)14-25(27(35)36)22-8-10-30-17-22/h1-6,11-12,21-22,24-25,29-30H,7-10,13-17H2,(H,33,34)(H,35,36)(H2,31,32,37)/t21-,22-,24-,25-/m0/s1. The molecule has 4 atom stereocenters. The first-order valence-corrected chi connectivity index (χ1v) is 13.0. The molecule has 2 aliphatic heterocycles. The third-order valence-corrected chi connectivity index (χ3v) is 7.51. The number of anilines is 1. The molecule has 9 heteroatoms. The molecule has 2 fully saturated rings. The number of rotatable bonds is 11. The lowest BCUT2D eigenvalue weighted by atomic mass is 9.86. The molecule has 9 nitrogen and oxygen atoms in total. The van der Waals surface area contributed by atoms with Crippen LogP contribution < -0.4 is 21.3 Å². The highest BCUT2D eigenvalue weighted by Crippen LogP contribution is 2.25. The van der Waals surface area contributed by atoms with Gasteiger partial charge in [0.25, 0.3) is 0 Å². The Morgan fingerprint density at radius 3 is 1.89 bits per heavy atom. The van der Waals surface area contributed by atoms with Gasteiger partial charge in [-0.1, -0.05) is 36.4 Å². The highest BCUT2D eigenvalue weighted by atomic mass is 16.4. The van der Waals surface area contributed by atoms with Gasteiger partial charge in [-0.25, -0.2) is 4.79 Å². The number of nitrogens with one attached hydrogen (secondary N) is 4. The Balaban J connectivity index is 1.31. The number of hydrogen-bond acceptors (Lipinski definition) is 5. The molecule has 2 heterocycles. The van der Waals surface area contributed by atoms with Crippen LogP contribution in [0, 0.1) is 23.7 Å². The highest BCUT2D eigenvalue weighted by molar-refractivity contribution is 5.89. The van der Waals surface area contributed by atoms with E-state index in [9.17, 15) is 24.6 Å². The highest BCUT2D eigenvalue weighted by Gasteiger charge is 2.31. The largest absolute Gasteiger partial charge is 0.481 e. The number of hydrogen-bond donors (Lipinski definition) is 6. The van der Waals surface area contributed by atoms with Crippen LogP contribution in [0.2, 0.25) is 0 Å². The van der Waals surface area contributed by atoms with Crippen LogP contribution >= 0.6 is 0 Å². The first-order valence-electron chi connectivity index (χ1n) is 13.0. The SMILES string of the molecule is O=C(NCc1cccc(C[C@H](C(=O)O)[C@H]2CCNC2)c1)Nc1cccc(C[C@H](C(=O)O)[C@H]2CCNC2)c1. The molecule has 2 saturated heterocycles. The monoisotopic (exact) mass is 508 g/mol. The Bertz CT molecular complexity index is 1100. The van der Waals surface area contributed by atoms with Crippen LogP contribution in [-0.4, -0.2) is 54.4 Å². The lowest BCUT2D eigenvalue weighted by molar-refractivity contribution is -0.144. The molecule has 0 bridgehead atoms. The van der Waals surface area contributed by atoms with Gasteiger partial charge in [-0.3, -0.25) is 9.59 Å². The maximum atomic E-state index is 12.6. The van der Waals surface area contributed by atoms with Crippen molar-refractivity contribution < 1.29 is 24.6 Å². The number of benzene rings is 2. The van der Waals surface area contributed by atoms with Crippen molar-refractivity contribution in [1.82, 2.24) is 16.0 Å². The molecule has 4 rings (SSSR count). The fourth-order valence-corrected chi connectivity index (χ4v) is 5.46. The summed E-state index contributed by atoms with van der Waals surface area (Å²) in [5.74, 6) is -2.22. The van der Waals surface area contributed by atoms with E-state index in [1.165, 1.54) is 0 Å². The molecule has 0 aromatic heterocycles. The molecule has 6 N–H and O–H groups in total. The van der Waals surface area contributed by atoms with Gasteiger partial charge >= 0.3 is 18.0 Å². The van der Waals surface area contributed by atoms with Crippen LogP contribution in [0.25, 0.3) is 0 Å². The molecule has 0 spiro atoms. The van der Waals surface area contributed by atoms with Crippen LogP contribution in [0.4, 0.5) is 10.5 Å². The van der Waals surface area contributed by atoms with Gasteiger partial charge in [0.2, 0.25) is 0 Å². The summed E-state index contributed by atoms with van der Waals surface area (Å²) >= 11 is 0. The van der Waals surface area contributed by atoms with Crippen LogP contribution in [0.15, 0.2) is 48.5 Å². The van der Waals surface area contributed by atoms with Gasteiger partial charge in [0, 0.05) is 12.2 Å². The minimum absolute atomic E-state index is 0.105. The number of carboxylic acid groups (broad SMARTS) is 2. The number of aliphatic carboxylic acids is 2. The second-order valence-corrected chi connectivity index (χ2v) is 10.1. The van der Waals surface area contributed by atoms with Crippen molar-refractivity contribution in [2.45, 2.75) is 32.2 Å². The van der Waals surface area contributed by atoms with E-state index >= 15 is 0 Å². The molecule has 0 saturated carbocycles. The molecule has 2 aromatic carbocycles. The zero-order valence-corrected chi connectivity index (χ0v) is 20.9. The Labute approximate surface area is 217 Å². The van der Waals surface area contributed by atoms with Crippen molar-refractivity contribution in [1.29, 1.82) is 0 Å². The topological polar surface area (TPSA) is 140 Å². The van der Waals surface area contributed by atoms with E-state index in [1.807, 2.05) is 42.5 Å². The summed E-state index contributed by atoms with van der Waals surface area (Å²) in [5, 5.41) is 31.6. The van der Waals surface area contributed by atoms with E-state index in [4.69, 9.17) is 0 Å². The lowest BCUT2D eigenvalue weighted by Gasteiger charge is -2.19. The summed E-state index contributed by atoms with van der Waals surface area (Å²) in [6.07, 6.45) is 2.60. The molecule has 198 valence electrons. The van der Waals surface area contributed by atoms with Gasteiger partial charge < -0.3 is 31.5 Å². The summed E-state index contributed by atoms with van der Waals surface area (Å²) in [7, 11) is 0. The van der Waals surface area contributed by atoms with Gasteiger partial charge in [0.1, 0.15) is 0 Å². The summed E-state index contributed by atoms with van der Waals surface area (Å²) in [6, 6.07) is 14.6. The predicted molar refractivity (Wildman–Crippen MR) is 140 cm³/mol. The average Bonchev–Trinajstić information content (AvgIpc) is 3.60. The van der Waals surface area contributed by atoms with E-state index in [0.29, 0.717) is 31.6 Å². The summed E-state index contributed by atoms with van der Waals surface area (Å²) in [5.41, 5.74) is 3.31. The van der Waals surface area contributed by atoms with Gasteiger partial charge in [0.15, 0.2) is 0 Å². The molecule has 2 amide bonds. The minimum atomic E-state index is -0.790. The van der Waals surface area contributed by atoms with Gasteiger partial charge in [-0.2, -0.15) is 0 Å². The number of urea groups is 1. The van der Waals surface area contributed by atoms with Crippen LogP contribution in [-0.2, 0) is 29.0 Å². The fourth-order valence-electron chi connectivity index (χ4n) is 5.46. The first-order chi connectivity index (χ1) is 17.9. The smallest absolute Gasteiger partial charge is 0.319 e. The van der Waals surface area contributed by atoms with Crippen LogP contribution in [0.5, 0.6) is 0 Å². The van der Waals surface area contributed by atoms with E-state index < -0.39 is 23.8 Å². The fraction of sp³-hybridized carbons (Fsp3) is 0.464. The van der Waals surface area contributed by atoms with Gasteiger partial charge in [-0.05, 0) is 92.5 Å². The second-order valence-electron chi connectivity index (χ2n) is 10.1. The number of carbonyl (C=O) groups excluding carboxylic acids is 1. The number of amides is 2. The van der Waals surface area contributed by atoms with Crippen molar-refractivity contribution >= 4 is 23.7 Å². The Hall–Kier alpha value is -3.43. The molecule has 2 aromatic rings. The maximum absolute atomic E-state index is 12.6. The van der Waals surface area contributed by atoms with Crippen molar-refractivity contribution in [3.05, 3.63) is 65.2 Å². The van der Waals surface area contributed by atoms with Gasteiger partial charge in [0.05, 0.1) is 11.8 Å². The molecule has 2 aliphatic rings. The van der Waals surface area contributed by atoms with E-state index in [1.54, 1.807) is 6.07 Å². The van der Waals surface area contributed by atoms with Crippen molar-refractivity contribution in [3.8, 4) is 0 Å². The van der Waals surface area contributed by atoms with Crippen molar-refractivity contribution in [2.75, 3.05) is 31.5 Å². The Morgan fingerprint density at radius 1 is 0.811 bits per heavy atom. The summed E-state index contributed by atoms with van der Waals surface area (Å²) in [6.45, 7) is 3.45. The zero-order valence-electron chi connectivity index (χ0n) is 20.9. The molecule has 0 aliphatic carbocycles. The van der Waals surface area contributed by atoms with Crippen LogP contribution in [0.1, 0.15) is 29.5 Å². The predicted octanol–water partition coefficient (Wildman–Crippen LogP) is 2.71. The first kappa shape index (κ1) is 26.6. The Morgan fingerprint density at radius 2 is 1.35 bits per heavy atom. The average molecular weight is 509 g/mol. The van der Waals surface area contributed by atoms with Crippen molar-refractivity contribution in [2.24, 2.45) is 23.7 Å². The van der Waals surface area contributed by atoms with E-state index in [2.05, 4.69) is 21.3 Å². The molecule has 0 radical (unpaired) electrons. The number of carbonyl (C=O) groups is 3. The normalized spacial score (nSPS) is 20.8. The van der Waals surface area contributed by atoms with Crippen molar-refractivity contribution in [3.63, 3.8) is 0 Å². The van der Waals surface area contributed by atoms with Gasteiger partial charge in [-0.15, -0.1) is 0 Å². The summed E-state index contributed by atoms with van der Waals surface area (Å²) in [4.78, 5) is 36.2. The molecular formula is C28H36N4O5. The number of carboxylic acids is 2. The zero-order chi connectivity index (χ0) is 26.2. The van der Waals surface area contributed by atoms with Crippen LogP contribution in [0.3, 0.4) is 0 Å². The molecule has 37 heavy (non-hydrogen) atoms. The van der Waals surface area contributed by atoms with E-state index in [-0.39, 0.29) is 17.9 Å². The maximum Gasteiger partial charge on any atom is 0.319 e. The minimum Gasteiger partial charge on any atom is -0.481 e. The molecule has 0 unspecified atom stereocenters. The van der Waals surface area contributed by atoms with E-state index in [0.717, 1.165) is 49.2 Å².